The van der Waals surface area contributed by atoms with E-state index in [0.29, 0.717) is 0 Å². The summed E-state index contributed by atoms with van der Waals surface area (Å²) in [7, 11) is 1.31. The summed E-state index contributed by atoms with van der Waals surface area (Å²) in [5.41, 5.74) is 5.81. The first-order chi connectivity index (χ1) is 18.0. The maximum Gasteiger partial charge on any atom is 0.433 e. The summed E-state index contributed by atoms with van der Waals surface area (Å²) in [6.45, 7) is 1.21. The number of aliphatic hydroxyl groups is 1. The number of carbonyl (C=O) groups is 1. The standard InChI is InChI=1S/C26H25F3N4O5/c1-13(30)23-22(24(36)31-15(12-34)11-14-3-5-16(35)6-4-14)33-25(38-23)18-7-9-19(37-2)21-17(18)8-10-20(32-21)26(27,28)29/h3-10,13,15,34-35H,11-12,30H2,1-2H3,(H,31,36)/t13-,15-/m0/s1. The number of aliphatic hydroxyl groups excluding tert-OH is 1. The van der Waals surface area contributed by atoms with E-state index in [4.69, 9.17) is 14.9 Å². The number of phenols is 1. The Bertz CT molecular complexity index is 1450. The summed E-state index contributed by atoms with van der Waals surface area (Å²) in [6, 6.07) is 9.93. The molecule has 5 N–H and O–H groups in total. The summed E-state index contributed by atoms with van der Waals surface area (Å²) in [5.74, 6) is -0.434. The van der Waals surface area contributed by atoms with Crippen LogP contribution in [0, 0.1) is 0 Å². The summed E-state index contributed by atoms with van der Waals surface area (Å²) < 4.78 is 50.9. The van der Waals surface area contributed by atoms with Crippen LogP contribution in [0.15, 0.2) is 52.9 Å². The lowest BCUT2D eigenvalue weighted by atomic mass is 10.1. The van der Waals surface area contributed by atoms with Gasteiger partial charge in [0.2, 0.25) is 5.89 Å². The quantitative estimate of drug-likeness (QED) is 0.268. The van der Waals surface area contributed by atoms with E-state index in [-0.39, 0.29) is 58.3 Å². The molecule has 200 valence electrons. The van der Waals surface area contributed by atoms with Crippen molar-refractivity contribution in [3.8, 4) is 23.0 Å². The number of benzene rings is 2. The molecule has 2 heterocycles. The van der Waals surface area contributed by atoms with Gasteiger partial charge in [0.15, 0.2) is 11.5 Å². The van der Waals surface area contributed by atoms with Gasteiger partial charge in [-0.1, -0.05) is 12.1 Å². The molecule has 0 aliphatic carbocycles. The highest BCUT2D eigenvalue weighted by Crippen LogP contribution is 2.37. The van der Waals surface area contributed by atoms with Crippen molar-refractivity contribution in [1.82, 2.24) is 15.3 Å². The van der Waals surface area contributed by atoms with E-state index in [1.807, 2.05) is 0 Å². The Morgan fingerprint density at radius 2 is 1.84 bits per heavy atom. The number of pyridine rings is 1. The van der Waals surface area contributed by atoms with Gasteiger partial charge in [0.25, 0.3) is 5.91 Å². The number of nitrogens with one attached hydrogen (secondary N) is 1. The number of ether oxygens (including phenoxy) is 1. The lowest BCUT2D eigenvalue weighted by Crippen LogP contribution is -2.39. The number of hydrogen-bond acceptors (Lipinski definition) is 8. The van der Waals surface area contributed by atoms with Crippen LogP contribution in [0.5, 0.6) is 11.5 Å². The molecule has 0 spiro atoms. The van der Waals surface area contributed by atoms with Gasteiger partial charge in [-0.3, -0.25) is 4.79 Å². The molecule has 0 radical (unpaired) electrons. The smallest absolute Gasteiger partial charge is 0.433 e. The number of oxazole rings is 1. The van der Waals surface area contributed by atoms with Crippen molar-refractivity contribution >= 4 is 16.8 Å². The summed E-state index contributed by atoms with van der Waals surface area (Å²) in [4.78, 5) is 21.2. The van der Waals surface area contributed by atoms with Crippen LogP contribution >= 0.6 is 0 Å². The number of rotatable bonds is 8. The molecule has 0 aliphatic heterocycles. The van der Waals surface area contributed by atoms with Gasteiger partial charge in [-0.25, -0.2) is 9.97 Å². The van der Waals surface area contributed by atoms with Crippen LogP contribution in [-0.2, 0) is 12.6 Å². The molecule has 0 saturated heterocycles. The number of amides is 1. The molecule has 0 saturated carbocycles. The predicted octanol–water partition coefficient (Wildman–Crippen LogP) is 3.98. The normalized spacial score (nSPS) is 13.3. The van der Waals surface area contributed by atoms with Crippen LogP contribution < -0.4 is 15.8 Å². The first kappa shape index (κ1) is 26.9. The minimum Gasteiger partial charge on any atom is -0.508 e. The number of hydrogen-bond donors (Lipinski definition) is 4. The number of phenolic OH excluding ortho intramolecular Hbond substituents is 1. The fourth-order valence-electron chi connectivity index (χ4n) is 3.95. The lowest BCUT2D eigenvalue weighted by molar-refractivity contribution is -0.140. The monoisotopic (exact) mass is 530 g/mol. The van der Waals surface area contributed by atoms with Crippen molar-refractivity contribution in [2.24, 2.45) is 5.73 Å². The fraction of sp³-hybridized carbons (Fsp3) is 0.269. The Morgan fingerprint density at radius 1 is 1.13 bits per heavy atom. The topological polar surface area (TPSA) is 144 Å². The third-order valence-electron chi connectivity index (χ3n) is 5.82. The van der Waals surface area contributed by atoms with Gasteiger partial charge >= 0.3 is 6.18 Å². The number of nitrogens with two attached hydrogens (primary N) is 1. The van der Waals surface area contributed by atoms with Gasteiger partial charge in [-0.15, -0.1) is 0 Å². The molecular formula is C26H25F3N4O5. The van der Waals surface area contributed by atoms with E-state index in [9.17, 15) is 28.2 Å². The van der Waals surface area contributed by atoms with Gasteiger partial charge in [0.1, 0.15) is 22.7 Å². The molecule has 4 rings (SSSR count). The molecule has 1 amide bonds. The maximum absolute atomic E-state index is 13.3. The number of aromatic hydroxyl groups is 1. The fourth-order valence-corrected chi connectivity index (χ4v) is 3.95. The van der Waals surface area contributed by atoms with Crippen molar-refractivity contribution in [2.45, 2.75) is 31.6 Å². The largest absolute Gasteiger partial charge is 0.508 e. The van der Waals surface area contributed by atoms with Gasteiger partial charge in [0.05, 0.1) is 25.8 Å². The third-order valence-corrected chi connectivity index (χ3v) is 5.82. The van der Waals surface area contributed by atoms with Crippen LogP contribution in [-0.4, -0.2) is 45.8 Å². The van der Waals surface area contributed by atoms with Gasteiger partial charge < -0.3 is 30.4 Å². The average molecular weight is 531 g/mol. The SMILES string of the molecule is COc1ccc(-c2nc(C(=O)N[C@H](CO)Cc3ccc(O)cc3)c([C@H](C)N)o2)c2ccc(C(F)(F)F)nc12. The molecule has 2 atom stereocenters. The maximum atomic E-state index is 13.3. The number of fused-ring (bicyclic) bond motifs is 1. The lowest BCUT2D eigenvalue weighted by Gasteiger charge is -2.16. The number of aromatic nitrogens is 2. The first-order valence-electron chi connectivity index (χ1n) is 11.5. The molecule has 0 unspecified atom stereocenters. The second-order valence-electron chi connectivity index (χ2n) is 8.65. The van der Waals surface area contributed by atoms with Crippen LogP contribution in [0.25, 0.3) is 22.4 Å². The second kappa shape index (κ2) is 10.7. The molecular weight excluding hydrogens is 505 g/mol. The molecule has 38 heavy (non-hydrogen) atoms. The zero-order chi connectivity index (χ0) is 27.6. The second-order valence-corrected chi connectivity index (χ2v) is 8.65. The summed E-state index contributed by atoms with van der Waals surface area (Å²) >= 11 is 0. The van der Waals surface area contributed by atoms with Crippen molar-refractivity contribution in [1.29, 1.82) is 0 Å². The van der Waals surface area contributed by atoms with E-state index in [1.165, 1.54) is 37.4 Å². The first-order valence-corrected chi connectivity index (χ1v) is 11.5. The van der Waals surface area contributed by atoms with E-state index >= 15 is 0 Å². The molecule has 0 bridgehead atoms. The Kier molecular flexibility index (Phi) is 7.56. The van der Waals surface area contributed by atoms with Crippen LogP contribution in [0.4, 0.5) is 13.2 Å². The van der Waals surface area contributed by atoms with Crippen LogP contribution in [0.1, 0.15) is 40.5 Å². The van der Waals surface area contributed by atoms with Crippen molar-refractivity contribution in [2.75, 3.05) is 13.7 Å². The van der Waals surface area contributed by atoms with Gasteiger partial charge in [0, 0.05) is 10.9 Å². The number of nitrogens with zero attached hydrogens (tertiary/aromatic N) is 2. The molecule has 12 heteroatoms. The Balaban J connectivity index is 1.70. The van der Waals surface area contributed by atoms with Crippen molar-refractivity contribution in [3.63, 3.8) is 0 Å². The van der Waals surface area contributed by atoms with Crippen molar-refractivity contribution in [3.05, 3.63) is 71.2 Å². The number of halogens is 3. The van der Waals surface area contributed by atoms with Crippen LogP contribution in [0.3, 0.4) is 0 Å². The molecule has 4 aromatic rings. The number of carbonyl (C=O) groups excluding carboxylic acids is 1. The van der Waals surface area contributed by atoms with E-state index in [2.05, 4.69) is 15.3 Å². The Labute approximate surface area is 215 Å². The third kappa shape index (κ3) is 5.55. The van der Waals surface area contributed by atoms with Gasteiger partial charge in [-0.2, -0.15) is 13.2 Å². The van der Waals surface area contributed by atoms with E-state index in [1.54, 1.807) is 19.1 Å². The average Bonchev–Trinajstić information content (AvgIpc) is 3.34. The predicted molar refractivity (Wildman–Crippen MR) is 132 cm³/mol. The van der Waals surface area contributed by atoms with Gasteiger partial charge in [-0.05, 0) is 55.3 Å². The summed E-state index contributed by atoms with van der Waals surface area (Å²) in [6.07, 6.45) is -4.38. The molecule has 9 nitrogen and oxygen atoms in total. The number of alkyl halides is 3. The zero-order valence-electron chi connectivity index (χ0n) is 20.4. The highest BCUT2D eigenvalue weighted by molar-refractivity contribution is 5.98. The summed E-state index contributed by atoms with van der Waals surface area (Å²) in [5, 5.41) is 22.2. The Hall–Kier alpha value is -4.16. The molecule has 0 fully saturated rings. The minimum atomic E-state index is -4.66. The molecule has 2 aromatic carbocycles. The van der Waals surface area contributed by atoms with E-state index in [0.717, 1.165) is 11.6 Å². The Morgan fingerprint density at radius 3 is 2.45 bits per heavy atom. The minimum absolute atomic E-state index is 0.0456. The highest BCUT2D eigenvalue weighted by atomic mass is 19.4. The van der Waals surface area contributed by atoms with Crippen molar-refractivity contribution < 1.29 is 37.3 Å². The molecule has 0 aliphatic rings. The van der Waals surface area contributed by atoms with Crippen LogP contribution in [0.2, 0.25) is 0 Å². The zero-order valence-corrected chi connectivity index (χ0v) is 20.4. The highest BCUT2D eigenvalue weighted by Gasteiger charge is 2.33. The number of methoxy groups -OCH3 is 1. The van der Waals surface area contributed by atoms with E-state index < -0.39 is 29.9 Å². The molecule has 2 aromatic heterocycles.